The third kappa shape index (κ3) is 5.25. The maximum Gasteiger partial charge on any atom is 0.410 e. The number of ether oxygens (including phenoxy) is 1. The summed E-state index contributed by atoms with van der Waals surface area (Å²) in [6.45, 7) is 12.1. The Morgan fingerprint density at radius 2 is 2.09 bits per heavy atom. The molecule has 0 unspecified atom stereocenters. The number of hydrogen-bond acceptors (Lipinski definition) is 7. The molecule has 0 N–H and O–H groups in total. The number of anilines is 1. The second kappa shape index (κ2) is 10.4. The van der Waals surface area contributed by atoms with Crippen molar-refractivity contribution in [3.05, 3.63) is 28.2 Å². The van der Waals surface area contributed by atoms with E-state index in [1.165, 1.54) is 11.8 Å². The molecule has 0 aliphatic carbocycles. The second-order valence-electron chi connectivity index (χ2n) is 9.77. The van der Waals surface area contributed by atoms with E-state index in [4.69, 9.17) is 21.3 Å². The third-order valence-corrected chi connectivity index (χ3v) is 7.83. The molecular weight excluding hydrogens is 557 g/mol. The number of allylic oxidation sites excluding steroid dienone is 1. The van der Waals surface area contributed by atoms with Gasteiger partial charge < -0.3 is 9.64 Å². The van der Waals surface area contributed by atoms with E-state index in [-0.39, 0.29) is 34.9 Å². The van der Waals surface area contributed by atoms with Crippen LogP contribution >= 0.6 is 39.3 Å². The first-order chi connectivity index (χ1) is 16.6. The number of piperazine rings is 1. The van der Waals surface area contributed by atoms with E-state index in [1.807, 2.05) is 38.7 Å². The smallest absolute Gasteiger partial charge is 0.410 e. The van der Waals surface area contributed by atoms with Crippen molar-refractivity contribution in [2.75, 3.05) is 17.2 Å². The minimum Gasteiger partial charge on any atom is -0.444 e. The summed E-state index contributed by atoms with van der Waals surface area (Å²) >= 11 is 11.0. The summed E-state index contributed by atoms with van der Waals surface area (Å²) in [5.74, 6) is 0.685. The topological polar surface area (TPSA) is 71.5 Å². The van der Waals surface area contributed by atoms with Gasteiger partial charge in [-0.05, 0) is 68.1 Å². The number of nitrogens with zero attached hydrogens (tertiary/aromatic N) is 5. The molecular formula is C24H30BrClFN5O2S. The van der Waals surface area contributed by atoms with Crippen molar-refractivity contribution >= 4 is 62.1 Å². The molecule has 7 nitrogen and oxygen atoms in total. The van der Waals surface area contributed by atoms with Crippen molar-refractivity contribution in [1.82, 2.24) is 19.9 Å². The number of amides is 1. The Balaban J connectivity index is 1.83. The van der Waals surface area contributed by atoms with Gasteiger partial charge in [-0.25, -0.2) is 24.1 Å². The normalized spacial score (nSPS) is 22.1. The van der Waals surface area contributed by atoms with Gasteiger partial charge in [0.1, 0.15) is 21.5 Å². The number of halogens is 3. The number of carbonyl (C=O) groups is 1. The van der Waals surface area contributed by atoms with Gasteiger partial charge in [0.25, 0.3) is 0 Å². The average molecular weight is 587 g/mol. The van der Waals surface area contributed by atoms with Gasteiger partial charge in [0, 0.05) is 6.54 Å². The van der Waals surface area contributed by atoms with Crippen LogP contribution in [0.25, 0.3) is 10.9 Å². The molecule has 0 spiro atoms. The highest BCUT2D eigenvalue weighted by molar-refractivity contribution is 9.10. The summed E-state index contributed by atoms with van der Waals surface area (Å²) in [5.41, 5.74) is -0.436. The molecule has 0 aromatic carbocycles. The van der Waals surface area contributed by atoms with Crippen molar-refractivity contribution < 1.29 is 13.9 Å². The lowest BCUT2D eigenvalue weighted by atomic mass is 9.97. The zero-order valence-electron chi connectivity index (χ0n) is 20.4. The fourth-order valence-electron chi connectivity index (χ4n) is 4.99. The molecule has 4 heterocycles. The van der Waals surface area contributed by atoms with Gasteiger partial charge in [-0.2, -0.15) is 0 Å². The van der Waals surface area contributed by atoms with E-state index >= 15 is 4.39 Å². The summed E-state index contributed by atoms with van der Waals surface area (Å²) in [6.07, 6.45) is 4.85. The maximum atomic E-state index is 15.1. The molecule has 3 atom stereocenters. The summed E-state index contributed by atoms with van der Waals surface area (Å²) in [7, 11) is 0. The molecule has 0 radical (unpaired) electrons. The zero-order valence-corrected chi connectivity index (χ0v) is 23.5. The van der Waals surface area contributed by atoms with Crippen LogP contribution in [0.4, 0.5) is 15.0 Å². The van der Waals surface area contributed by atoms with Crippen molar-refractivity contribution in [2.45, 2.75) is 82.3 Å². The van der Waals surface area contributed by atoms with Crippen molar-refractivity contribution in [3.63, 3.8) is 0 Å². The maximum absolute atomic E-state index is 15.1. The molecule has 2 bridgehead atoms. The highest BCUT2D eigenvalue weighted by Gasteiger charge is 2.50. The van der Waals surface area contributed by atoms with Crippen molar-refractivity contribution in [1.29, 1.82) is 0 Å². The number of pyridine rings is 1. The Labute approximate surface area is 223 Å². The molecule has 4 rings (SSSR count). The standard InChI is InChI=1S/C24H30BrClFN5O2S/c1-6-8-9-14-15-11-10-13(32(15)23(33)34-24(3,4)5)12-31(14)21-16-18(28-22(30-21)35-7-2)17(27)20(26)29-19(16)25/h6,13-15H,1,7-12H2,2-5H3/t13-,14+,15+/m1/s1. The van der Waals surface area contributed by atoms with Crippen LogP contribution in [0.2, 0.25) is 5.15 Å². The third-order valence-electron chi connectivity index (χ3n) is 6.28. The van der Waals surface area contributed by atoms with Crippen molar-refractivity contribution in [3.8, 4) is 0 Å². The van der Waals surface area contributed by atoms with Gasteiger partial charge in [0.15, 0.2) is 16.1 Å². The predicted octanol–water partition coefficient (Wildman–Crippen LogP) is 6.61. The molecule has 0 saturated carbocycles. The number of thioether (sulfide) groups is 1. The van der Waals surface area contributed by atoms with Crippen LogP contribution in [-0.4, -0.2) is 62.0 Å². The van der Waals surface area contributed by atoms with Crippen LogP contribution in [0.3, 0.4) is 0 Å². The van der Waals surface area contributed by atoms with Gasteiger partial charge in [0.05, 0.1) is 23.5 Å². The molecule has 2 aliphatic rings. The Hall–Kier alpha value is -1.65. The SMILES string of the molecule is C=CCC[C@H]1[C@@H]2CC[C@H](CN1c1nc(SCC)nc3c(F)c(Cl)nc(Br)c13)N2C(=O)OC(C)(C)C. The first kappa shape index (κ1) is 26.4. The zero-order chi connectivity index (χ0) is 25.5. The van der Waals surface area contributed by atoms with Crippen LogP contribution < -0.4 is 4.90 Å². The molecule has 2 saturated heterocycles. The van der Waals surface area contributed by atoms with E-state index in [2.05, 4.69) is 37.4 Å². The molecule has 11 heteroatoms. The van der Waals surface area contributed by atoms with Gasteiger partial charge >= 0.3 is 6.09 Å². The van der Waals surface area contributed by atoms with Crippen LogP contribution in [0.1, 0.15) is 53.4 Å². The molecule has 35 heavy (non-hydrogen) atoms. The van der Waals surface area contributed by atoms with Crippen LogP contribution in [0.5, 0.6) is 0 Å². The lowest BCUT2D eigenvalue weighted by Gasteiger charge is -2.47. The van der Waals surface area contributed by atoms with Gasteiger partial charge in [0.2, 0.25) is 0 Å². The lowest BCUT2D eigenvalue weighted by molar-refractivity contribution is 0.00718. The molecule has 2 aromatic rings. The van der Waals surface area contributed by atoms with Crippen LogP contribution in [0, 0.1) is 5.82 Å². The number of carbonyl (C=O) groups excluding carboxylic acids is 1. The number of fused-ring (bicyclic) bond motifs is 3. The van der Waals surface area contributed by atoms with E-state index in [9.17, 15) is 4.79 Å². The molecule has 2 fully saturated rings. The van der Waals surface area contributed by atoms with Gasteiger partial charge in [-0.3, -0.25) is 4.90 Å². The molecule has 190 valence electrons. The van der Waals surface area contributed by atoms with E-state index in [0.717, 1.165) is 31.4 Å². The monoisotopic (exact) mass is 585 g/mol. The minimum atomic E-state index is -0.663. The fraction of sp³-hybridized carbons (Fsp3) is 0.583. The highest BCUT2D eigenvalue weighted by Crippen LogP contribution is 2.43. The number of aromatic nitrogens is 3. The molecule has 2 aromatic heterocycles. The molecule has 1 amide bonds. The first-order valence-electron chi connectivity index (χ1n) is 11.8. The Morgan fingerprint density at radius 3 is 2.74 bits per heavy atom. The molecule has 2 aliphatic heterocycles. The van der Waals surface area contributed by atoms with Gasteiger partial charge in [-0.15, -0.1) is 6.58 Å². The van der Waals surface area contributed by atoms with E-state index in [1.54, 1.807) is 0 Å². The summed E-state index contributed by atoms with van der Waals surface area (Å²) in [4.78, 5) is 30.8. The first-order valence-corrected chi connectivity index (χ1v) is 13.9. The minimum absolute atomic E-state index is 0.0361. The van der Waals surface area contributed by atoms with Gasteiger partial charge in [-0.1, -0.05) is 36.4 Å². The fourth-order valence-corrected chi connectivity index (χ4v) is 6.37. The Morgan fingerprint density at radius 1 is 1.34 bits per heavy atom. The van der Waals surface area contributed by atoms with E-state index in [0.29, 0.717) is 27.5 Å². The van der Waals surface area contributed by atoms with Crippen molar-refractivity contribution in [2.24, 2.45) is 0 Å². The Bertz CT molecular complexity index is 1150. The highest BCUT2D eigenvalue weighted by atomic mass is 79.9. The second-order valence-corrected chi connectivity index (χ2v) is 12.1. The lowest BCUT2D eigenvalue weighted by Crippen LogP contribution is -2.62. The predicted molar refractivity (Wildman–Crippen MR) is 142 cm³/mol. The largest absolute Gasteiger partial charge is 0.444 e. The summed E-state index contributed by atoms with van der Waals surface area (Å²) < 4.78 is 21.3. The van der Waals surface area contributed by atoms with Crippen LogP contribution in [-0.2, 0) is 4.74 Å². The Kier molecular flexibility index (Phi) is 7.83. The quantitative estimate of drug-likeness (QED) is 0.163. The number of hydrogen-bond donors (Lipinski definition) is 0. The summed E-state index contributed by atoms with van der Waals surface area (Å²) in [5, 5.41) is 0.730. The summed E-state index contributed by atoms with van der Waals surface area (Å²) in [6, 6.07) is -0.145. The van der Waals surface area contributed by atoms with Crippen LogP contribution in [0.15, 0.2) is 22.4 Å². The number of rotatable bonds is 6. The van der Waals surface area contributed by atoms with E-state index < -0.39 is 11.4 Å². The average Bonchev–Trinajstić information content (AvgIpc) is 3.10.